The van der Waals surface area contributed by atoms with Crippen molar-refractivity contribution in [1.82, 2.24) is 9.65 Å². The highest BCUT2D eigenvalue weighted by Gasteiger charge is 2.42. The molecule has 1 aliphatic heterocycles. The van der Waals surface area contributed by atoms with E-state index in [1.165, 1.54) is 16.8 Å². The lowest BCUT2D eigenvalue weighted by molar-refractivity contribution is -0.148. The average molecular weight is 402 g/mol. The molecule has 27 heavy (non-hydrogen) atoms. The Kier molecular flexibility index (Phi) is 7.76. The van der Waals surface area contributed by atoms with Gasteiger partial charge in [-0.2, -0.15) is 0 Å². The van der Waals surface area contributed by atoms with Crippen molar-refractivity contribution in [2.45, 2.75) is 58.3 Å². The van der Waals surface area contributed by atoms with Crippen molar-refractivity contribution in [3.05, 3.63) is 28.7 Å². The summed E-state index contributed by atoms with van der Waals surface area (Å²) in [6, 6.07) is 1.97. The summed E-state index contributed by atoms with van der Waals surface area (Å²) in [5.41, 5.74) is -0.415. The van der Waals surface area contributed by atoms with Crippen molar-refractivity contribution >= 4 is 14.9 Å². The van der Waals surface area contributed by atoms with E-state index in [0.717, 1.165) is 6.07 Å². The largest absolute Gasteiger partial charge is 0.508 e. The molecule has 0 aromatic carbocycles. The number of rotatable bonds is 8. The van der Waals surface area contributed by atoms with Crippen LogP contribution in [0.2, 0.25) is 0 Å². The van der Waals surface area contributed by atoms with Crippen molar-refractivity contribution in [2.24, 2.45) is 5.92 Å². The van der Waals surface area contributed by atoms with Gasteiger partial charge in [0.15, 0.2) is 0 Å². The molecule has 0 amide bonds. The Morgan fingerprint density at radius 3 is 2.78 bits per heavy atom. The van der Waals surface area contributed by atoms with Gasteiger partial charge in [-0.15, -0.1) is 0 Å². The van der Waals surface area contributed by atoms with Gasteiger partial charge in [-0.25, -0.2) is 0 Å². The summed E-state index contributed by atoms with van der Waals surface area (Å²) in [4.78, 5) is 23.7. The standard InChI is InChI=1S/C17H27N2O7P/c1-9(2)25-17(23)11(4)18-27-24-8-13-15(22)10(3)16(26-13)19-6-5-12(20)7-14(19)21/h5-7,9-11,13,15-16,18,20,22,27H,8H2,1-4H3. The third-order valence-corrected chi connectivity index (χ3v) is 5.05. The predicted molar refractivity (Wildman–Crippen MR) is 99.5 cm³/mol. The number of pyridine rings is 1. The monoisotopic (exact) mass is 402 g/mol. The maximum Gasteiger partial charge on any atom is 0.323 e. The Morgan fingerprint density at radius 2 is 2.15 bits per heavy atom. The number of aliphatic hydroxyl groups is 1. The lowest BCUT2D eigenvalue weighted by Gasteiger charge is -2.18. The van der Waals surface area contributed by atoms with Crippen LogP contribution >= 0.6 is 8.96 Å². The van der Waals surface area contributed by atoms with Crippen molar-refractivity contribution in [3.8, 4) is 5.75 Å². The molecular formula is C17H27N2O7P. The van der Waals surface area contributed by atoms with Gasteiger partial charge in [-0.1, -0.05) is 6.92 Å². The number of hydrogen-bond donors (Lipinski definition) is 3. The van der Waals surface area contributed by atoms with Crippen LogP contribution in [-0.4, -0.2) is 51.7 Å². The Bertz CT molecular complexity index is 696. The predicted octanol–water partition coefficient (Wildman–Crippen LogP) is 0.903. The Hall–Kier alpha value is -1.51. The molecule has 1 fully saturated rings. The number of carbonyl (C=O) groups is 1. The summed E-state index contributed by atoms with van der Waals surface area (Å²) < 4.78 is 17.7. The smallest absolute Gasteiger partial charge is 0.323 e. The molecular weight excluding hydrogens is 375 g/mol. The van der Waals surface area contributed by atoms with E-state index in [2.05, 4.69) is 5.09 Å². The zero-order chi connectivity index (χ0) is 20.1. The van der Waals surface area contributed by atoms with Gasteiger partial charge in [-0.3, -0.25) is 19.2 Å². The molecule has 6 unspecified atom stereocenters. The summed E-state index contributed by atoms with van der Waals surface area (Å²) in [6.07, 6.45) is -0.838. The first-order valence-electron chi connectivity index (χ1n) is 8.78. The molecule has 9 nitrogen and oxygen atoms in total. The lowest BCUT2D eigenvalue weighted by Crippen LogP contribution is -2.33. The summed E-state index contributed by atoms with van der Waals surface area (Å²) in [5, 5.41) is 22.6. The molecule has 0 saturated carbocycles. The highest BCUT2D eigenvalue weighted by molar-refractivity contribution is 7.29. The second kappa shape index (κ2) is 9.61. The molecule has 3 N–H and O–H groups in total. The second-order valence-electron chi connectivity index (χ2n) is 6.81. The van der Waals surface area contributed by atoms with E-state index < -0.39 is 30.0 Å². The summed E-state index contributed by atoms with van der Waals surface area (Å²) in [6.45, 7) is 7.11. The first kappa shape index (κ1) is 21.8. The fourth-order valence-corrected chi connectivity index (χ4v) is 3.31. The SMILES string of the molecule is CC(C)OC(=O)C(C)NPOCC1OC(n2ccc(O)cc2=O)C(C)C1O. The number of hydrogen-bond acceptors (Lipinski definition) is 8. The van der Waals surface area contributed by atoms with Gasteiger partial charge >= 0.3 is 5.97 Å². The second-order valence-corrected chi connectivity index (χ2v) is 7.59. The van der Waals surface area contributed by atoms with E-state index >= 15 is 0 Å². The van der Waals surface area contributed by atoms with Gasteiger partial charge in [-0.05, 0) is 26.8 Å². The number of aliphatic hydroxyl groups excluding tert-OH is 1. The van der Waals surface area contributed by atoms with E-state index in [4.69, 9.17) is 14.0 Å². The zero-order valence-electron chi connectivity index (χ0n) is 15.8. The minimum Gasteiger partial charge on any atom is -0.508 e. The van der Waals surface area contributed by atoms with E-state index in [1.54, 1.807) is 27.7 Å². The molecule has 2 heterocycles. The first-order chi connectivity index (χ1) is 12.7. The van der Waals surface area contributed by atoms with Crippen LogP contribution in [0.25, 0.3) is 0 Å². The Balaban J connectivity index is 1.84. The molecule has 10 heteroatoms. The van der Waals surface area contributed by atoms with Gasteiger partial charge in [0.25, 0.3) is 5.56 Å². The molecule has 152 valence electrons. The van der Waals surface area contributed by atoms with Gasteiger partial charge in [0.05, 0.1) is 27.8 Å². The van der Waals surface area contributed by atoms with Crippen LogP contribution in [0.5, 0.6) is 5.75 Å². The van der Waals surface area contributed by atoms with Crippen LogP contribution in [0.1, 0.15) is 33.9 Å². The molecule has 2 rings (SSSR count). The van der Waals surface area contributed by atoms with Crippen LogP contribution in [0.4, 0.5) is 0 Å². The molecule has 1 aromatic rings. The van der Waals surface area contributed by atoms with E-state index in [9.17, 15) is 19.8 Å². The van der Waals surface area contributed by atoms with Crippen molar-refractivity contribution < 1.29 is 29.0 Å². The third kappa shape index (κ3) is 5.73. The Morgan fingerprint density at radius 1 is 1.44 bits per heavy atom. The van der Waals surface area contributed by atoms with Gasteiger partial charge < -0.3 is 24.2 Å². The van der Waals surface area contributed by atoms with Crippen LogP contribution in [0.15, 0.2) is 23.1 Å². The maximum atomic E-state index is 12.0. The average Bonchev–Trinajstić information content (AvgIpc) is 2.86. The minimum absolute atomic E-state index is 0.103. The highest BCUT2D eigenvalue weighted by atomic mass is 31.1. The number of nitrogens with one attached hydrogen (secondary N) is 1. The lowest BCUT2D eigenvalue weighted by atomic mass is 10.0. The fraction of sp³-hybridized carbons (Fsp3) is 0.647. The fourth-order valence-electron chi connectivity index (χ4n) is 2.68. The van der Waals surface area contributed by atoms with Crippen molar-refractivity contribution in [3.63, 3.8) is 0 Å². The van der Waals surface area contributed by atoms with Crippen molar-refractivity contribution in [2.75, 3.05) is 6.61 Å². The summed E-state index contributed by atoms with van der Waals surface area (Å²) in [5.74, 6) is -0.824. The molecule has 0 spiro atoms. The van der Waals surface area contributed by atoms with Crippen LogP contribution in [0, 0.1) is 5.92 Å². The normalized spacial score (nSPS) is 26.7. The topological polar surface area (TPSA) is 119 Å². The molecule has 0 aliphatic carbocycles. The van der Waals surface area contributed by atoms with Gasteiger partial charge in [0, 0.05) is 18.2 Å². The summed E-state index contributed by atoms with van der Waals surface area (Å²) >= 11 is 0. The Labute approximate surface area is 159 Å². The minimum atomic E-state index is -0.816. The number of ether oxygens (including phenoxy) is 2. The number of aromatic nitrogens is 1. The summed E-state index contributed by atoms with van der Waals surface area (Å²) in [7, 11) is -0.179. The maximum absolute atomic E-state index is 12.0. The molecule has 1 aromatic heterocycles. The molecule has 1 aliphatic rings. The number of esters is 1. The van der Waals surface area contributed by atoms with E-state index in [0.29, 0.717) is 0 Å². The van der Waals surface area contributed by atoms with Crippen LogP contribution in [0.3, 0.4) is 0 Å². The van der Waals surface area contributed by atoms with E-state index in [1.807, 2.05) is 0 Å². The van der Waals surface area contributed by atoms with Crippen LogP contribution in [-0.2, 0) is 18.8 Å². The molecule has 0 radical (unpaired) electrons. The van der Waals surface area contributed by atoms with Crippen LogP contribution < -0.4 is 10.6 Å². The van der Waals surface area contributed by atoms with Gasteiger partial charge in [0.2, 0.25) is 0 Å². The molecule has 1 saturated heterocycles. The highest BCUT2D eigenvalue weighted by Crippen LogP contribution is 2.34. The first-order valence-corrected chi connectivity index (χ1v) is 9.69. The third-order valence-electron chi connectivity index (χ3n) is 4.19. The number of nitrogens with zero attached hydrogens (tertiary/aromatic N) is 1. The number of carbonyl (C=O) groups excluding carboxylic acids is 1. The van der Waals surface area contributed by atoms with E-state index in [-0.39, 0.29) is 39.3 Å². The van der Waals surface area contributed by atoms with Crippen molar-refractivity contribution in [1.29, 1.82) is 0 Å². The number of aromatic hydroxyl groups is 1. The molecule has 6 atom stereocenters. The van der Waals surface area contributed by atoms with Gasteiger partial charge in [0.1, 0.15) is 24.1 Å². The zero-order valence-corrected chi connectivity index (χ0v) is 16.8. The molecule has 0 bridgehead atoms. The quantitative estimate of drug-likeness (QED) is 0.333.